The van der Waals surface area contributed by atoms with E-state index in [1.807, 2.05) is 24.3 Å². The predicted octanol–water partition coefficient (Wildman–Crippen LogP) is 2.97. The van der Waals surface area contributed by atoms with Crippen molar-refractivity contribution in [2.45, 2.75) is 6.42 Å². The Labute approximate surface area is 106 Å². The number of nitrogens with zero attached hydrogens (tertiary/aromatic N) is 1. The van der Waals surface area contributed by atoms with Crippen LogP contribution in [0.2, 0.25) is 5.02 Å². The number of pyridine rings is 1. The second kappa shape index (κ2) is 5.55. The number of hydrogen-bond donors (Lipinski definition) is 2. The highest BCUT2D eigenvalue weighted by Gasteiger charge is 1.99. The summed E-state index contributed by atoms with van der Waals surface area (Å²) >= 11 is 6.06. The van der Waals surface area contributed by atoms with E-state index in [-0.39, 0.29) is 0 Å². The molecule has 17 heavy (non-hydrogen) atoms. The van der Waals surface area contributed by atoms with Gasteiger partial charge in [-0.05, 0) is 42.3 Å². The van der Waals surface area contributed by atoms with Gasteiger partial charge in [-0.2, -0.15) is 0 Å². The highest BCUT2D eigenvalue weighted by atomic mass is 35.5. The van der Waals surface area contributed by atoms with Crippen LogP contribution >= 0.6 is 11.6 Å². The summed E-state index contributed by atoms with van der Waals surface area (Å²) in [6.07, 6.45) is 4.53. The fourth-order valence-electron chi connectivity index (χ4n) is 1.57. The molecule has 4 heteroatoms. The molecule has 3 N–H and O–H groups in total. The largest absolute Gasteiger partial charge is 0.399 e. The second-order valence-electron chi connectivity index (χ2n) is 3.77. The van der Waals surface area contributed by atoms with Crippen LogP contribution in [0.15, 0.2) is 42.7 Å². The van der Waals surface area contributed by atoms with Crippen molar-refractivity contribution in [1.82, 2.24) is 4.98 Å². The summed E-state index contributed by atoms with van der Waals surface area (Å²) in [7, 11) is 0. The minimum Gasteiger partial charge on any atom is -0.399 e. The van der Waals surface area contributed by atoms with Gasteiger partial charge in [0.25, 0.3) is 0 Å². The topological polar surface area (TPSA) is 50.9 Å². The minimum absolute atomic E-state index is 0.653. The molecule has 2 rings (SSSR count). The zero-order valence-electron chi connectivity index (χ0n) is 9.36. The molecule has 0 amide bonds. The molecule has 1 aromatic heterocycles. The lowest BCUT2D eigenvalue weighted by Crippen LogP contribution is -2.05. The normalized spacial score (nSPS) is 10.2. The van der Waals surface area contributed by atoms with Crippen LogP contribution < -0.4 is 11.1 Å². The molecule has 0 fully saturated rings. The van der Waals surface area contributed by atoms with E-state index in [9.17, 15) is 0 Å². The number of halogens is 1. The van der Waals surface area contributed by atoms with Crippen molar-refractivity contribution in [3.8, 4) is 0 Å². The zero-order chi connectivity index (χ0) is 12.1. The molecule has 0 spiro atoms. The molecule has 0 aliphatic rings. The molecule has 88 valence electrons. The van der Waals surface area contributed by atoms with Crippen LogP contribution in [0.3, 0.4) is 0 Å². The van der Waals surface area contributed by atoms with E-state index in [4.69, 9.17) is 17.3 Å². The molecule has 0 aliphatic carbocycles. The SMILES string of the molecule is Nc1ccc(NCCc2ccncc2)c(Cl)c1. The first kappa shape index (κ1) is 11.7. The summed E-state index contributed by atoms with van der Waals surface area (Å²) in [5.74, 6) is 0. The Kier molecular flexibility index (Phi) is 3.83. The van der Waals surface area contributed by atoms with Crippen LogP contribution in [-0.4, -0.2) is 11.5 Å². The van der Waals surface area contributed by atoms with Crippen molar-refractivity contribution in [3.05, 3.63) is 53.3 Å². The highest BCUT2D eigenvalue weighted by molar-refractivity contribution is 6.33. The zero-order valence-corrected chi connectivity index (χ0v) is 10.1. The van der Waals surface area contributed by atoms with E-state index in [1.54, 1.807) is 18.5 Å². The fraction of sp³-hybridized carbons (Fsp3) is 0.154. The number of aromatic nitrogens is 1. The third kappa shape index (κ3) is 3.36. The third-order valence-electron chi connectivity index (χ3n) is 2.47. The van der Waals surface area contributed by atoms with Gasteiger partial charge in [0.1, 0.15) is 0 Å². The first-order valence-electron chi connectivity index (χ1n) is 5.43. The molecule has 0 bridgehead atoms. The Morgan fingerprint density at radius 1 is 1.18 bits per heavy atom. The van der Waals surface area contributed by atoms with Crippen LogP contribution in [0.4, 0.5) is 11.4 Å². The molecule has 0 aliphatic heterocycles. The molecule has 3 nitrogen and oxygen atoms in total. The van der Waals surface area contributed by atoms with Crippen LogP contribution in [0, 0.1) is 0 Å². The Bertz CT molecular complexity index is 485. The van der Waals surface area contributed by atoms with Crippen molar-refractivity contribution in [1.29, 1.82) is 0 Å². The first-order valence-corrected chi connectivity index (χ1v) is 5.81. The van der Waals surface area contributed by atoms with E-state index in [0.717, 1.165) is 18.7 Å². The first-order chi connectivity index (χ1) is 8.25. The number of nitrogens with one attached hydrogen (secondary N) is 1. The molecule has 1 aromatic carbocycles. The lowest BCUT2D eigenvalue weighted by atomic mass is 10.2. The monoisotopic (exact) mass is 247 g/mol. The average molecular weight is 248 g/mol. The minimum atomic E-state index is 0.653. The Hall–Kier alpha value is -1.74. The Morgan fingerprint density at radius 2 is 1.94 bits per heavy atom. The molecule has 2 aromatic rings. The van der Waals surface area contributed by atoms with Gasteiger partial charge in [-0.1, -0.05) is 11.6 Å². The maximum Gasteiger partial charge on any atom is 0.0657 e. The van der Waals surface area contributed by atoms with Crippen molar-refractivity contribution in [2.24, 2.45) is 0 Å². The molecular weight excluding hydrogens is 234 g/mol. The van der Waals surface area contributed by atoms with Gasteiger partial charge in [0.05, 0.1) is 10.7 Å². The standard InChI is InChI=1S/C13H14ClN3/c14-12-9-11(15)1-2-13(12)17-8-5-10-3-6-16-7-4-10/h1-4,6-7,9,17H,5,8,15H2. The van der Waals surface area contributed by atoms with Crippen LogP contribution in [0.5, 0.6) is 0 Å². The van der Waals surface area contributed by atoms with Crippen LogP contribution in [0.1, 0.15) is 5.56 Å². The van der Waals surface area contributed by atoms with Gasteiger partial charge in [0.15, 0.2) is 0 Å². The lowest BCUT2D eigenvalue weighted by molar-refractivity contribution is 1.01. The highest BCUT2D eigenvalue weighted by Crippen LogP contribution is 2.23. The van der Waals surface area contributed by atoms with Crippen molar-refractivity contribution < 1.29 is 0 Å². The molecule has 1 heterocycles. The number of nitrogens with two attached hydrogens (primary N) is 1. The van der Waals surface area contributed by atoms with E-state index < -0.39 is 0 Å². The summed E-state index contributed by atoms with van der Waals surface area (Å²) in [6.45, 7) is 0.827. The number of rotatable bonds is 4. The van der Waals surface area contributed by atoms with E-state index in [1.165, 1.54) is 5.56 Å². The fourth-order valence-corrected chi connectivity index (χ4v) is 1.82. The van der Waals surface area contributed by atoms with Gasteiger partial charge in [-0.3, -0.25) is 4.98 Å². The smallest absolute Gasteiger partial charge is 0.0657 e. The van der Waals surface area contributed by atoms with Gasteiger partial charge in [0.2, 0.25) is 0 Å². The summed E-state index contributed by atoms with van der Waals surface area (Å²) in [6, 6.07) is 9.49. The van der Waals surface area contributed by atoms with Crippen molar-refractivity contribution in [3.63, 3.8) is 0 Å². The predicted molar refractivity (Wildman–Crippen MR) is 72.3 cm³/mol. The van der Waals surface area contributed by atoms with Gasteiger partial charge in [0, 0.05) is 24.6 Å². The van der Waals surface area contributed by atoms with Gasteiger partial charge in [-0.15, -0.1) is 0 Å². The summed E-state index contributed by atoms with van der Waals surface area (Å²) in [5, 5.41) is 3.93. The average Bonchev–Trinajstić information content (AvgIpc) is 2.33. The molecule has 0 saturated heterocycles. The number of anilines is 2. The second-order valence-corrected chi connectivity index (χ2v) is 4.18. The summed E-state index contributed by atoms with van der Waals surface area (Å²) < 4.78 is 0. The number of nitrogen functional groups attached to an aromatic ring is 1. The molecule has 0 atom stereocenters. The van der Waals surface area contributed by atoms with Crippen molar-refractivity contribution >= 4 is 23.0 Å². The van der Waals surface area contributed by atoms with Gasteiger partial charge in [-0.25, -0.2) is 0 Å². The molecule has 0 unspecified atom stereocenters. The molecule has 0 saturated carbocycles. The quantitative estimate of drug-likeness (QED) is 0.817. The van der Waals surface area contributed by atoms with Gasteiger partial charge < -0.3 is 11.1 Å². The maximum atomic E-state index is 6.06. The van der Waals surface area contributed by atoms with Crippen LogP contribution in [0.25, 0.3) is 0 Å². The number of hydrogen-bond acceptors (Lipinski definition) is 3. The third-order valence-corrected chi connectivity index (χ3v) is 2.78. The van der Waals surface area contributed by atoms with Crippen LogP contribution in [-0.2, 0) is 6.42 Å². The number of benzene rings is 1. The van der Waals surface area contributed by atoms with Crippen molar-refractivity contribution in [2.75, 3.05) is 17.6 Å². The Balaban J connectivity index is 1.90. The maximum absolute atomic E-state index is 6.06. The molecular formula is C13H14ClN3. The summed E-state index contributed by atoms with van der Waals surface area (Å²) in [4.78, 5) is 3.98. The lowest BCUT2D eigenvalue weighted by Gasteiger charge is -2.08. The summed E-state index contributed by atoms with van der Waals surface area (Å²) in [5.41, 5.74) is 8.46. The van der Waals surface area contributed by atoms with E-state index >= 15 is 0 Å². The molecule has 0 radical (unpaired) electrons. The Morgan fingerprint density at radius 3 is 2.65 bits per heavy atom. The van der Waals surface area contributed by atoms with Gasteiger partial charge >= 0.3 is 0 Å². The van der Waals surface area contributed by atoms with E-state index in [0.29, 0.717) is 10.7 Å². The van der Waals surface area contributed by atoms with E-state index in [2.05, 4.69) is 10.3 Å².